The molecule has 0 radical (unpaired) electrons. The Labute approximate surface area is 237 Å². The van der Waals surface area contributed by atoms with Crippen LogP contribution in [0.2, 0.25) is 0 Å². The number of ether oxygens (including phenoxy) is 3. The van der Waals surface area contributed by atoms with Gasteiger partial charge in [0.1, 0.15) is 0 Å². The molecule has 11 nitrogen and oxygen atoms in total. The van der Waals surface area contributed by atoms with E-state index in [0.717, 1.165) is 17.5 Å². The molecule has 1 N–H and O–H groups in total. The zero-order chi connectivity index (χ0) is 29.1. The van der Waals surface area contributed by atoms with Crippen molar-refractivity contribution in [1.29, 1.82) is 0 Å². The Kier molecular flexibility index (Phi) is 11.1. The molecule has 1 fully saturated rings. The molecule has 1 aliphatic rings. The third kappa shape index (κ3) is 8.82. The fourth-order valence-corrected chi connectivity index (χ4v) is 4.63. The molecule has 0 unspecified atom stereocenters. The van der Waals surface area contributed by atoms with Gasteiger partial charge in [-0.2, -0.15) is 0 Å². The maximum Gasteiger partial charge on any atom is 0.340 e. The number of para-hydroxylation sites is 1. The van der Waals surface area contributed by atoms with Gasteiger partial charge in [0, 0.05) is 60.1 Å². The number of benzene rings is 2. The molecule has 214 valence electrons. The van der Waals surface area contributed by atoms with E-state index >= 15 is 0 Å². The van der Waals surface area contributed by atoms with Crippen molar-refractivity contribution in [3.8, 4) is 11.5 Å². The summed E-state index contributed by atoms with van der Waals surface area (Å²) in [6.07, 6.45) is 2.94. The Morgan fingerprint density at radius 2 is 1.73 bits per heavy atom. The first-order chi connectivity index (χ1) is 19.2. The second kappa shape index (κ2) is 14.5. The lowest BCUT2D eigenvalue weighted by Crippen LogP contribution is -2.52. The van der Waals surface area contributed by atoms with Gasteiger partial charge in [0.05, 0.1) is 25.5 Å². The number of esters is 1. The predicted molar refractivity (Wildman–Crippen MR) is 154 cm³/mol. The molecule has 2 amide bonds. The molecule has 0 aliphatic carbocycles. The summed E-state index contributed by atoms with van der Waals surface area (Å²) in [5, 5.41) is 2.68. The number of hydrogen-bond acceptors (Lipinski definition) is 10. The summed E-state index contributed by atoms with van der Waals surface area (Å²) >= 11 is 1.00. The summed E-state index contributed by atoms with van der Waals surface area (Å²) in [6, 6.07) is 11.7. The van der Waals surface area contributed by atoms with Gasteiger partial charge in [-0.1, -0.05) is 18.2 Å². The van der Waals surface area contributed by atoms with Crippen LogP contribution in [0, 0.1) is 4.91 Å². The lowest BCUT2D eigenvalue weighted by atomic mass is 10.1. The summed E-state index contributed by atoms with van der Waals surface area (Å²) in [4.78, 5) is 52.4. The number of hydrogen-bond donors (Lipinski definition) is 1. The van der Waals surface area contributed by atoms with Gasteiger partial charge in [-0.15, -0.1) is 4.91 Å². The second-order valence-corrected chi connectivity index (χ2v) is 11.1. The molecule has 2 aromatic carbocycles. The Morgan fingerprint density at radius 3 is 2.40 bits per heavy atom. The molecule has 1 saturated heterocycles. The smallest absolute Gasteiger partial charge is 0.340 e. The van der Waals surface area contributed by atoms with Crippen molar-refractivity contribution >= 4 is 41.5 Å². The number of methoxy groups -OCH3 is 2. The van der Waals surface area contributed by atoms with Gasteiger partial charge in [0.25, 0.3) is 5.91 Å². The summed E-state index contributed by atoms with van der Waals surface area (Å²) in [6.45, 7) is 6.44. The van der Waals surface area contributed by atoms with Gasteiger partial charge in [0.15, 0.2) is 18.1 Å². The van der Waals surface area contributed by atoms with E-state index in [9.17, 15) is 19.3 Å². The van der Waals surface area contributed by atoms with Crippen LogP contribution in [0.15, 0.2) is 53.1 Å². The molecule has 0 atom stereocenters. The quantitative estimate of drug-likeness (QED) is 0.175. The van der Waals surface area contributed by atoms with E-state index in [4.69, 9.17) is 14.2 Å². The van der Waals surface area contributed by atoms with Gasteiger partial charge >= 0.3 is 5.97 Å². The van der Waals surface area contributed by atoms with Crippen LogP contribution in [-0.2, 0) is 14.3 Å². The van der Waals surface area contributed by atoms with E-state index in [1.165, 1.54) is 19.3 Å². The van der Waals surface area contributed by atoms with E-state index in [-0.39, 0.29) is 21.9 Å². The highest BCUT2D eigenvalue weighted by molar-refractivity contribution is 7.99. The van der Waals surface area contributed by atoms with Crippen LogP contribution in [0.5, 0.6) is 11.5 Å². The SMILES string of the molecule is COc1ccc(C=CC(=O)Nc2ccccc2C(=O)OCC(=O)N2CCN(CC(C)(C)SN=O)CC2)cc1OC. The minimum Gasteiger partial charge on any atom is -0.493 e. The summed E-state index contributed by atoms with van der Waals surface area (Å²) in [5.74, 6) is -0.355. The number of piperazine rings is 1. The fourth-order valence-electron chi connectivity index (χ4n) is 4.19. The first-order valence-corrected chi connectivity index (χ1v) is 13.4. The molecule has 0 saturated carbocycles. The minimum atomic E-state index is -0.716. The molecule has 0 spiro atoms. The van der Waals surface area contributed by atoms with E-state index in [1.807, 2.05) is 13.8 Å². The normalized spacial score (nSPS) is 14.1. The van der Waals surface area contributed by atoms with E-state index in [2.05, 4.69) is 14.8 Å². The van der Waals surface area contributed by atoms with Crippen molar-refractivity contribution in [1.82, 2.24) is 9.80 Å². The lowest BCUT2D eigenvalue weighted by Gasteiger charge is -2.37. The Balaban J connectivity index is 1.52. The van der Waals surface area contributed by atoms with Gasteiger partial charge in [0.2, 0.25) is 5.91 Å². The highest BCUT2D eigenvalue weighted by Gasteiger charge is 2.28. The van der Waals surface area contributed by atoms with Crippen LogP contribution in [0.3, 0.4) is 0 Å². The number of nitroso groups, excluding NO2 is 1. The van der Waals surface area contributed by atoms with Crippen molar-refractivity contribution in [2.24, 2.45) is 4.58 Å². The standard InChI is InChI=1S/C28H34N4O7S/c1-28(2,40-30-36)19-31-13-15-32(16-14-31)26(34)18-39-27(35)21-7-5-6-8-22(21)29-25(33)12-10-20-9-11-23(37-3)24(17-20)38-4/h5-12,17H,13-16,18-19H2,1-4H3,(H,29,33). The number of rotatable bonds is 12. The summed E-state index contributed by atoms with van der Waals surface area (Å²) in [7, 11) is 3.07. The molecule has 0 aromatic heterocycles. The average molecular weight is 571 g/mol. The zero-order valence-electron chi connectivity index (χ0n) is 23.0. The molecule has 40 heavy (non-hydrogen) atoms. The third-order valence-electron chi connectivity index (χ3n) is 6.18. The number of carbonyl (C=O) groups is 3. The van der Waals surface area contributed by atoms with Crippen molar-refractivity contribution < 1.29 is 28.6 Å². The van der Waals surface area contributed by atoms with Crippen molar-refractivity contribution in [2.75, 3.05) is 58.9 Å². The minimum absolute atomic E-state index is 0.136. The first kappa shape index (κ1) is 30.6. The first-order valence-electron chi connectivity index (χ1n) is 12.6. The highest BCUT2D eigenvalue weighted by Crippen LogP contribution is 2.28. The maximum atomic E-state index is 12.8. The molecule has 0 bridgehead atoms. The van der Waals surface area contributed by atoms with Crippen LogP contribution in [0.25, 0.3) is 6.08 Å². The van der Waals surface area contributed by atoms with Crippen LogP contribution < -0.4 is 14.8 Å². The van der Waals surface area contributed by atoms with Gasteiger partial charge < -0.3 is 24.4 Å². The predicted octanol–water partition coefficient (Wildman–Crippen LogP) is 3.85. The second-order valence-electron chi connectivity index (χ2n) is 9.64. The molecule has 12 heteroatoms. The van der Waals surface area contributed by atoms with Crippen LogP contribution in [-0.4, -0.2) is 85.9 Å². The number of amides is 2. The maximum absolute atomic E-state index is 12.8. The van der Waals surface area contributed by atoms with E-state index in [1.54, 1.807) is 54.5 Å². The number of nitrogens with zero attached hydrogens (tertiary/aromatic N) is 3. The van der Waals surface area contributed by atoms with Crippen LogP contribution in [0.1, 0.15) is 29.8 Å². The number of nitrogens with one attached hydrogen (secondary N) is 1. The Hall–Kier alpha value is -3.90. The van der Waals surface area contributed by atoms with E-state index < -0.39 is 18.5 Å². The molecule has 1 aliphatic heterocycles. The van der Waals surface area contributed by atoms with Crippen LogP contribution in [0.4, 0.5) is 5.69 Å². The van der Waals surface area contributed by atoms with Gasteiger partial charge in [-0.25, -0.2) is 4.79 Å². The fraction of sp³-hybridized carbons (Fsp3) is 0.393. The van der Waals surface area contributed by atoms with Gasteiger partial charge in [-0.3, -0.25) is 14.5 Å². The summed E-state index contributed by atoms with van der Waals surface area (Å²) < 4.78 is 18.4. The highest BCUT2D eigenvalue weighted by atomic mass is 32.2. The largest absolute Gasteiger partial charge is 0.493 e. The van der Waals surface area contributed by atoms with Crippen molar-refractivity contribution in [3.63, 3.8) is 0 Å². The van der Waals surface area contributed by atoms with Crippen molar-refractivity contribution in [3.05, 3.63) is 64.6 Å². The molecule has 2 aromatic rings. The number of carbonyl (C=O) groups excluding carboxylic acids is 3. The molecular formula is C28H34N4O7S. The summed E-state index contributed by atoms with van der Waals surface area (Å²) in [5.41, 5.74) is 1.12. The lowest BCUT2D eigenvalue weighted by molar-refractivity contribution is -0.136. The van der Waals surface area contributed by atoms with E-state index in [0.29, 0.717) is 44.2 Å². The average Bonchev–Trinajstić information content (AvgIpc) is 2.94. The number of anilines is 1. The Bertz CT molecular complexity index is 1240. The van der Waals surface area contributed by atoms with Crippen molar-refractivity contribution in [2.45, 2.75) is 18.6 Å². The van der Waals surface area contributed by atoms with Crippen LogP contribution >= 0.6 is 11.9 Å². The molecular weight excluding hydrogens is 536 g/mol. The molecule has 1 heterocycles. The monoisotopic (exact) mass is 570 g/mol. The topological polar surface area (TPSA) is 127 Å². The zero-order valence-corrected chi connectivity index (χ0v) is 23.9. The molecule has 3 rings (SSSR count). The Morgan fingerprint density at radius 1 is 1.02 bits per heavy atom. The third-order valence-corrected chi connectivity index (χ3v) is 6.88. The van der Waals surface area contributed by atoms with Gasteiger partial charge in [-0.05, 0) is 49.8 Å².